The van der Waals surface area contributed by atoms with E-state index < -0.39 is 52.4 Å². The second-order valence-corrected chi connectivity index (χ2v) is 9.73. The number of aliphatic hydroxyl groups excluding tert-OH is 1. The van der Waals surface area contributed by atoms with Gasteiger partial charge in [-0.2, -0.15) is 5.10 Å². The number of nitrogen functional groups attached to an aromatic ring is 1. The number of pyridine rings is 1. The van der Waals surface area contributed by atoms with Gasteiger partial charge >= 0.3 is 5.69 Å². The van der Waals surface area contributed by atoms with E-state index in [1.54, 1.807) is 20.8 Å². The van der Waals surface area contributed by atoms with Gasteiger partial charge in [-0.05, 0) is 45.0 Å². The van der Waals surface area contributed by atoms with E-state index >= 15 is 4.39 Å². The minimum Gasteiger partial charge on any atom is -0.453 e. The van der Waals surface area contributed by atoms with Crippen LogP contribution in [0.25, 0.3) is 5.69 Å². The first-order chi connectivity index (χ1) is 20.8. The summed E-state index contributed by atoms with van der Waals surface area (Å²) in [6, 6.07) is 5.87. The van der Waals surface area contributed by atoms with Crippen LogP contribution in [-0.2, 0) is 0 Å². The van der Waals surface area contributed by atoms with Gasteiger partial charge in [0, 0.05) is 30.1 Å². The van der Waals surface area contributed by atoms with Gasteiger partial charge in [-0.1, -0.05) is 0 Å². The highest BCUT2D eigenvalue weighted by Crippen LogP contribution is 2.31. The van der Waals surface area contributed by atoms with Crippen molar-refractivity contribution in [2.45, 2.75) is 32.9 Å². The topological polar surface area (TPSA) is 193 Å². The average Bonchev–Trinajstić information content (AvgIpc) is 2.96. The van der Waals surface area contributed by atoms with Gasteiger partial charge in [0.25, 0.3) is 11.5 Å². The number of hydrogen-bond donors (Lipinski definition) is 4. The summed E-state index contributed by atoms with van der Waals surface area (Å²) in [5, 5.41) is 15.5. The molecule has 0 fully saturated rings. The van der Waals surface area contributed by atoms with Crippen LogP contribution in [0.15, 0.2) is 63.2 Å². The maximum Gasteiger partial charge on any atom is 0.352 e. The molecule has 0 saturated carbocycles. The molecule has 2 aromatic carbocycles. The lowest BCUT2D eigenvalue weighted by Gasteiger charge is -2.15. The number of nitrogens with one attached hydrogen (secondary N) is 1. The molecule has 13 nitrogen and oxygen atoms in total. The third kappa shape index (κ3) is 6.44. The normalized spacial score (nSPS) is 12.3. The first-order valence-electron chi connectivity index (χ1n) is 13.0. The summed E-state index contributed by atoms with van der Waals surface area (Å²) in [6.07, 6.45) is 1.31. The van der Waals surface area contributed by atoms with E-state index in [9.17, 15) is 28.3 Å². The number of amidine groups is 1. The quantitative estimate of drug-likeness (QED) is 0.162. The molecule has 230 valence electrons. The standard InChI is InChI=1S/C28H27F3N8O5/c1-13(2)39-28(43)38(16-5-6-17(29)18(30)11-16)27(42)23(37-39)26(41)36-15-4-7-20(19(31)10-15)44-21-8-9-34-24(32)22(21)25(33)35-14(3)12-40/h4-11,13-14,40H,12H2,1-3H3,(H2,32,34)(H2,33,35)(H,36,41)/t14-/m0/s1. The van der Waals surface area contributed by atoms with Crippen LogP contribution >= 0.6 is 0 Å². The summed E-state index contributed by atoms with van der Waals surface area (Å²) < 4.78 is 49.5. The minimum absolute atomic E-state index is 0.0116. The number of rotatable bonds is 9. The van der Waals surface area contributed by atoms with Crippen LogP contribution in [-0.4, -0.2) is 48.8 Å². The predicted octanol–water partition coefficient (Wildman–Crippen LogP) is 2.50. The number of anilines is 2. The average molecular weight is 613 g/mol. The molecular formula is C28H27F3N8O5. The van der Waals surface area contributed by atoms with Gasteiger partial charge < -0.3 is 26.6 Å². The summed E-state index contributed by atoms with van der Waals surface area (Å²) >= 11 is 0. The highest BCUT2D eigenvalue weighted by atomic mass is 19.2. The lowest BCUT2D eigenvalue weighted by molar-refractivity contribution is 0.101. The number of nitrogens with zero attached hydrogens (tertiary/aromatic N) is 5. The molecule has 0 unspecified atom stereocenters. The van der Waals surface area contributed by atoms with Crippen molar-refractivity contribution >= 4 is 23.2 Å². The maximum absolute atomic E-state index is 15.1. The number of carbonyl (C=O) groups is 1. The van der Waals surface area contributed by atoms with E-state index in [2.05, 4.69) is 20.4 Å². The van der Waals surface area contributed by atoms with Gasteiger partial charge in [0.15, 0.2) is 23.2 Å². The molecule has 4 aromatic rings. The fourth-order valence-corrected chi connectivity index (χ4v) is 3.93. The fourth-order valence-electron chi connectivity index (χ4n) is 3.93. The molecule has 0 aliphatic heterocycles. The molecule has 16 heteroatoms. The second-order valence-electron chi connectivity index (χ2n) is 9.73. The van der Waals surface area contributed by atoms with Crippen LogP contribution in [0.4, 0.5) is 24.7 Å². The number of halogens is 3. The molecule has 4 rings (SSSR count). The number of aliphatic imine (C=N–C) groups is 1. The van der Waals surface area contributed by atoms with Crippen molar-refractivity contribution in [3.05, 3.63) is 98.2 Å². The molecule has 44 heavy (non-hydrogen) atoms. The van der Waals surface area contributed by atoms with Crippen molar-refractivity contribution < 1.29 is 27.8 Å². The highest BCUT2D eigenvalue weighted by Gasteiger charge is 2.23. The van der Waals surface area contributed by atoms with Crippen LogP contribution in [0.3, 0.4) is 0 Å². The van der Waals surface area contributed by atoms with Gasteiger partial charge in [0.05, 0.1) is 24.4 Å². The molecule has 0 bridgehead atoms. The van der Waals surface area contributed by atoms with Crippen LogP contribution in [0, 0.1) is 17.5 Å². The SMILES string of the molecule is CC(C)n1nc(C(=O)Nc2ccc(Oc3ccnc(N)c3C(N)=N[C@@H](C)CO)c(F)c2)c(=O)n(-c2ccc(F)c(F)c2)c1=O. The molecule has 0 saturated heterocycles. The minimum atomic E-state index is -1.32. The Bertz CT molecular complexity index is 1890. The molecule has 1 amide bonds. The van der Waals surface area contributed by atoms with Crippen LogP contribution in [0.1, 0.15) is 42.9 Å². The van der Waals surface area contributed by atoms with Crippen LogP contribution in [0.2, 0.25) is 0 Å². The first kappa shape index (κ1) is 31.4. The first-order valence-corrected chi connectivity index (χ1v) is 13.0. The molecular weight excluding hydrogens is 585 g/mol. The molecule has 1 atom stereocenters. The Balaban J connectivity index is 1.67. The number of aromatic nitrogens is 4. The Morgan fingerprint density at radius 1 is 1.05 bits per heavy atom. The van der Waals surface area contributed by atoms with Gasteiger partial charge in [-0.25, -0.2) is 32.2 Å². The zero-order chi connectivity index (χ0) is 32.3. The molecule has 0 aliphatic rings. The van der Waals surface area contributed by atoms with Crippen molar-refractivity contribution in [3.63, 3.8) is 0 Å². The van der Waals surface area contributed by atoms with Crippen molar-refractivity contribution in [2.75, 3.05) is 17.7 Å². The van der Waals surface area contributed by atoms with E-state index in [1.165, 1.54) is 24.4 Å². The zero-order valence-electron chi connectivity index (χ0n) is 23.6. The predicted molar refractivity (Wildman–Crippen MR) is 155 cm³/mol. The van der Waals surface area contributed by atoms with Crippen molar-refractivity contribution in [1.29, 1.82) is 0 Å². The number of amides is 1. The summed E-state index contributed by atoms with van der Waals surface area (Å²) in [5.41, 5.74) is 8.61. The lowest BCUT2D eigenvalue weighted by atomic mass is 10.2. The number of ether oxygens (including phenoxy) is 1. The van der Waals surface area contributed by atoms with E-state index in [0.717, 1.165) is 22.9 Å². The van der Waals surface area contributed by atoms with Crippen LogP contribution < -0.4 is 32.8 Å². The number of nitrogens with two attached hydrogens (primary N) is 2. The molecule has 2 aromatic heterocycles. The molecule has 0 aliphatic carbocycles. The number of hydrogen-bond acceptors (Lipinski definition) is 9. The van der Waals surface area contributed by atoms with E-state index in [4.69, 9.17) is 16.2 Å². The smallest absolute Gasteiger partial charge is 0.352 e. The Morgan fingerprint density at radius 3 is 2.41 bits per heavy atom. The summed E-state index contributed by atoms with van der Waals surface area (Å²) in [4.78, 5) is 47.3. The number of carbonyl (C=O) groups excluding carboxylic acids is 1. The Hall–Kier alpha value is -5.51. The molecule has 2 heterocycles. The number of benzene rings is 2. The third-order valence-corrected chi connectivity index (χ3v) is 6.10. The van der Waals surface area contributed by atoms with E-state index in [0.29, 0.717) is 10.6 Å². The van der Waals surface area contributed by atoms with Gasteiger partial charge in [-0.3, -0.25) is 14.6 Å². The third-order valence-electron chi connectivity index (χ3n) is 6.10. The van der Waals surface area contributed by atoms with Crippen molar-refractivity contribution in [3.8, 4) is 17.2 Å². The Kier molecular flexibility index (Phi) is 9.13. The summed E-state index contributed by atoms with van der Waals surface area (Å²) in [6.45, 7) is 4.43. The monoisotopic (exact) mass is 612 g/mol. The zero-order valence-corrected chi connectivity index (χ0v) is 23.6. The summed E-state index contributed by atoms with van der Waals surface area (Å²) in [7, 11) is 0. The maximum atomic E-state index is 15.1. The van der Waals surface area contributed by atoms with Gasteiger partial charge in [-0.15, -0.1) is 0 Å². The van der Waals surface area contributed by atoms with E-state index in [-0.39, 0.29) is 46.7 Å². The van der Waals surface area contributed by atoms with Crippen LogP contribution in [0.5, 0.6) is 11.5 Å². The van der Waals surface area contributed by atoms with Gasteiger partial charge in [0.1, 0.15) is 23.0 Å². The molecule has 6 N–H and O–H groups in total. The largest absolute Gasteiger partial charge is 0.453 e. The summed E-state index contributed by atoms with van der Waals surface area (Å²) in [5.74, 6) is -5.01. The highest BCUT2D eigenvalue weighted by molar-refractivity contribution is 6.04. The van der Waals surface area contributed by atoms with Crippen molar-refractivity contribution in [2.24, 2.45) is 10.7 Å². The Labute approximate surface area is 247 Å². The fraction of sp³-hybridized carbons (Fsp3) is 0.214. The second kappa shape index (κ2) is 12.8. The lowest BCUT2D eigenvalue weighted by Crippen LogP contribution is -2.45. The van der Waals surface area contributed by atoms with Crippen molar-refractivity contribution in [1.82, 2.24) is 19.3 Å². The molecule has 0 spiro atoms. The number of aliphatic hydroxyl groups is 1. The Morgan fingerprint density at radius 2 is 1.77 bits per heavy atom. The molecule has 0 radical (unpaired) electrons. The van der Waals surface area contributed by atoms with E-state index in [1.807, 2.05) is 0 Å². The van der Waals surface area contributed by atoms with Gasteiger partial charge in [0.2, 0.25) is 5.69 Å².